The third-order valence-corrected chi connectivity index (χ3v) is 3.92. The van der Waals surface area contributed by atoms with Crippen LogP contribution in [0, 0.1) is 13.8 Å². The Balaban J connectivity index is 2.27. The SMILES string of the molecule is CC(=O)c1nn(-c2ccccc2-c2cc(C)cc(C)c2)cc(O)c1=O. The summed E-state index contributed by atoms with van der Waals surface area (Å²) in [6.45, 7) is 5.30. The van der Waals surface area contributed by atoms with Crippen LogP contribution < -0.4 is 5.43 Å². The molecule has 0 spiro atoms. The van der Waals surface area contributed by atoms with Crippen LogP contribution in [0.15, 0.2) is 53.5 Å². The molecule has 3 aromatic rings. The Kier molecular flexibility index (Phi) is 4.23. The van der Waals surface area contributed by atoms with Crippen LogP contribution in [0.25, 0.3) is 16.8 Å². The molecular weight excluding hydrogens is 316 g/mol. The molecule has 3 rings (SSSR count). The van der Waals surface area contributed by atoms with Gasteiger partial charge in [0, 0.05) is 12.5 Å². The third-order valence-electron chi connectivity index (χ3n) is 3.92. The first-order valence-electron chi connectivity index (χ1n) is 7.89. The zero-order chi connectivity index (χ0) is 18.1. The summed E-state index contributed by atoms with van der Waals surface area (Å²) in [5, 5.41) is 14.0. The number of carbonyl (C=O) groups excluding carboxylic acids is 1. The van der Waals surface area contributed by atoms with Gasteiger partial charge in [-0.05, 0) is 25.5 Å². The van der Waals surface area contributed by atoms with Gasteiger partial charge in [-0.3, -0.25) is 9.59 Å². The molecular formula is C20H18N2O3. The number of ketones is 1. The molecule has 0 saturated carbocycles. The number of Topliss-reactive ketones (excluding diaryl/α,β-unsaturated/α-hetero) is 1. The molecule has 0 fully saturated rings. The maximum absolute atomic E-state index is 11.9. The maximum atomic E-state index is 11.9. The van der Waals surface area contributed by atoms with Crippen molar-refractivity contribution in [1.82, 2.24) is 9.78 Å². The van der Waals surface area contributed by atoms with E-state index in [-0.39, 0.29) is 5.69 Å². The molecule has 5 nitrogen and oxygen atoms in total. The number of carbonyl (C=O) groups is 1. The summed E-state index contributed by atoms with van der Waals surface area (Å²) in [6, 6.07) is 13.7. The number of aromatic hydroxyl groups is 1. The lowest BCUT2D eigenvalue weighted by Crippen LogP contribution is -2.20. The van der Waals surface area contributed by atoms with Crippen LogP contribution in [0.4, 0.5) is 0 Å². The minimum atomic E-state index is -0.757. The first-order valence-corrected chi connectivity index (χ1v) is 7.89. The Morgan fingerprint density at radius 3 is 2.36 bits per heavy atom. The highest BCUT2D eigenvalue weighted by atomic mass is 16.3. The van der Waals surface area contributed by atoms with E-state index in [9.17, 15) is 14.7 Å². The lowest BCUT2D eigenvalue weighted by atomic mass is 9.99. The second-order valence-corrected chi connectivity index (χ2v) is 6.09. The monoisotopic (exact) mass is 334 g/mol. The van der Waals surface area contributed by atoms with Gasteiger partial charge in [-0.2, -0.15) is 5.10 Å². The summed E-state index contributed by atoms with van der Waals surface area (Å²) in [5.74, 6) is -0.992. The molecule has 0 radical (unpaired) electrons. The van der Waals surface area contributed by atoms with E-state index in [2.05, 4.69) is 23.3 Å². The number of rotatable bonds is 3. The van der Waals surface area contributed by atoms with Gasteiger partial charge in [0.2, 0.25) is 0 Å². The Morgan fingerprint density at radius 1 is 1.08 bits per heavy atom. The molecule has 0 aliphatic rings. The van der Waals surface area contributed by atoms with Crippen molar-refractivity contribution >= 4 is 5.78 Å². The van der Waals surface area contributed by atoms with Crippen molar-refractivity contribution in [2.75, 3.05) is 0 Å². The Morgan fingerprint density at radius 2 is 1.72 bits per heavy atom. The fourth-order valence-corrected chi connectivity index (χ4v) is 2.88. The van der Waals surface area contributed by atoms with E-state index in [1.165, 1.54) is 17.8 Å². The summed E-state index contributed by atoms with van der Waals surface area (Å²) in [5.41, 5.74) is 3.78. The van der Waals surface area contributed by atoms with Crippen LogP contribution in [-0.4, -0.2) is 20.7 Å². The van der Waals surface area contributed by atoms with Crippen LogP contribution in [0.5, 0.6) is 5.75 Å². The van der Waals surface area contributed by atoms with E-state index in [0.717, 1.165) is 22.3 Å². The van der Waals surface area contributed by atoms with Crippen molar-refractivity contribution in [2.24, 2.45) is 0 Å². The quantitative estimate of drug-likeness (QED) is 0.745. The van der Waals surface area contributed by atoms with Crippen molar-refractivity contribution in [2.45, 2.75) is 20.8 Å². The molecule has 0 unspecified atom stereocenters. The Bertz CT molecular complexity index is 1020. The molecule has 25 heavy (non-hydrogen) atoms. The molecule has 1 heterocycles. The molecule has 2 aromatic carbocycles. The normalized spacial score (nSPS) is 10.7. The number of aryl methyl sites for hydroxylation is 2. The van der Waals surface area contributed by atoms with Crippen molar-refractivity contribution in [1.29, 1.82) is 0 Å². The third kappa shape index (κ3) is 3.21. The van der Waals surface area contributed by atoms with Crippen LogP contribution in [-0.2, 0) is 0 Å². The zero-order valence-electron chi connectivity index (χ0n) is 14.3. The van der Waals surface area contributed by atoms with Gasteiger partial charge < -0.3 is 5.11 Å². The summed E-state index contributed by atoms with van der Waals surface area (Å²) in [6.07, 6.45) is 1.23. The highest BCUT2D eigenvalue weighted by Gasteiger charge is 2.15. The van der Waals surface area contributed by atoms with Gasteiger partial charge in [0.05, 0.1) is 11.9 Å². The Hall–Kier alpha value is -3.21. The number of para-hydroxylation sites is 1. The van der Waals surface area contributed by atoms with E-state index in [4.69, 9.17) is 0 Å². The second-order valence-electron chi connectivity index (χ2n) is 6.09. The fourth-order valence-electron chi connectivity index (χ4n) is 2.88. The van der Waals surface area contributed by atoms with Gasteiger partial charge in [-0.1, -0.05) is 47.5 Å². The average Bonchev–Trinajstić information content (AvgIpc) is 2.56. The average molecular weight is 334 g/mol. The summed E-state index contributed by atoms with van der Waals surface area (Å²) < 4.78 is 1.38. The van der Waals surface area contributed by atoms with Gasteiger partial charge in [-0.25, -0.2) is 4.68 Å². The maximum Gasteiger partial charge on any atom is 0.252 e. The van der Waals surface area contributed by atoms with Crippen LogP contribution >= 0.6 is 0 Å². The van der Waals surface area contributed by atoms with E-state index in [1.54, 1.807) is 0 Å². The topological polar surface area (TPSA) is 72.2 Å². The first kappa shape index (κ1) is 16.6. The summed E-state index contributed by atoms with van der Waals surface area (Å²) >= 11 is 0. The summed E-state index contributed by atoms with van der Waals surface area (Å²) in [7, 11) is 0. The molecule has 126 valence electrons. The number of hydrogen-bond acceptors (Lipinski definition) is 4. The molecule has 0 aliphatic heterocycles. The second kappa shape index (κ2) is 6.36. The molecule has 5 heteroatoms. The molecule has 1 N–H and O–H groups in total. The van der Waals surface area contributed by atoms with E-state index >= 15 is 0 Å². The smallest absolute Gasteiger partial charge is 0.252 e. The highest BCUT2D eigenvalue weighted by molar-refractivity contribution is 5.92. The van der Waals surface area contributed by atoms with Crippen molar-refractivity contribution < 1.29 is 9.90 Å². The van der Waals surface area contributed by atoms with E-state index < -0.39 is 17.0 Å². The largest absolute Gasteiger partial charge is 0.503 e. The zero-order valence-corrected chi connectivity index (χ0v) is 14.3. The standard InChI is InChI=1S/C20H18N2O3/c1-12-8-13(2)10-15(9-12)16-6-4-5-7-17(16)22-11-18(24)20(25)19(21-22)14(3)23/h4-11,24H,1-3H3. The number of hydrogen-bond donors (Lipinski definition) is 1. The molecule has 1 aromatic heterocycles. The number of aromatic nitrogens is 2. The van der Waals surface area contributed by atoms with Gasteiger partial charge in [-0.15, -0.1) is 0 Å². The number of benzene rings is 2. The molecule has 0 saturated heterocycles. The molecule has 0 aliphatic carbocycles. The van der Waals surface area contributed by atoms with E-state index in [1.807, 2.05) is 38.1 Å². The highest BCUT2D eigenvalue weighted by Crippen LogP contribution is 2.28. The molecule has 0 amide bonds. The van der Waals surface area contributed by atoms with Gasteiger partial charge in [0.15, 0.2) is 17.2 Å². The lowest BCUT2D eigenvalue weighted by Gasteiger charge is -2.14. The fraction of sp³-hybridized carbons (Fsp3) is 0.150. The minimum absolute atomic E-state index is 0.282. The van der Waals surface area contributed by atoms with Gasteiger partial charge >= 0.3 is 0 Å². The van der Waals surface area contributed by atoms with Gasteiger partial charge in [0.25, 0.3) is 5.43 Å². The number of nitrogens with zero attached hydrogens (tertiary/aromatic N) is 2. The predicted octanol–water partition coefficient (Wildman–Crippen LogP) is 3.42. The van der Waals surface area contributed by atoms with Crippen molar-refractivity contribution in [3.63, 3.8) is 0 Å². The predicted molar refractivity (Wildman–Crippen MR) is 96.4 cm³/mol. The molecule has 0 bridgehead atoms. The van der Waals surface area contributed by atoms with Gasteiger partial charge in [0.1, 0.15) is 0 Å². The summed E-state index contributed by atoms with van der Waals surface area (Å²) in [4.78, 5) is 23.6. The van der Waals surface area contributed by atoms with Crippen LogP contribution in [0.2, 0.25) is 0 Å². The van der Waals surface area contributed by atoms with Crippen LogP contribution in [0.3, 0.4) is 0 Å². The molecule has 0 atom stereocenters. The Labute approximate surface area is 145 Å². The lowest BCUT2D eigenvalue weighted by molar-refractivity contribution is 0.100. The first-order chi connectivity index (χ1) is 11.9. The van der Waals surface area contributed by atoms with Crippen molar-refractivity contribution in [3.8, 4) is 22.6 Å². The minimum Gasteiger partial charge on any atom is -0.503 e. The van der Waals surface area contributed by atoms with E-state index in [0.29, 0.717) is 5.69 Å². The van der Waals surface area contributed by atoms with Crippen molar-refractivity contribution in [3.05, 3.63) is 75.7 Å². The van der Waals surface area contributed by atoms with Crippen LogP contribution in [0.1, 0.15) is 28.5 Å².